The maximum Gasteiger partial charge on any atom is 0.231 e. The van der Waals surface area contributed by atoms with Gasteiger partial charge in [-0.2, -0.15) is 0 Å². The molecule has 0 bridgehead atoms. The molecule has 0 fully saturated rings. The molecular weight excluding hydrogens is 376 g/mol. The molecule has 5 heteroatoms. The third-order valence-electron chi connectivity index (χ3n) is 4.42. The summed E-state index contributed by atoms with van der Waals surface area (Å²) in [4.78, 5) is 12.6. The van der Waals surface area contributed by atoms with E-state index in [9.17, 15) is 4.79 Å². The van der Waals surface area contributed by atoms with Crippen molar-refractivity contribution in [1.82, 2.24) is 0 Å². The van der Waals surface area contributed by atoms with Gasteiger partial charge in [-0.1, -0.05) is 48.0 Å². The largest absolute Gasteiger partial charge is 0.496 e. The van der Waals surface area contributed by atoms with Crippen molar-refractivity contribution in [1.29, 1.82) is 0 Å². The average Bonchev–Trinajstić information content (AvgIpc) is 3.02. The summed E-state index contributed by atoms with van der Waals surface area (Å²) in [6.07, 6.45) is 1.69. The molecule has 0 spiro atoms. The van der Waals surface area contributed by atoms with Crippen molar-refractivity contribution >= 4 is 23.5 Å². The van der Waals surface area contributed by atoms with Gasteiger partial charge in [-0.3, -0.25) is 4.79 Å². The van der Waals surface area contributed by atoms with Gasteiger partial charge in [0.15, 0.2) is 5.76 Å². The lowest BCUT2D eigenvalue weighted by Crippen LogP contribution is -1.98. The molecule has 3 aromatic rings. The average molecular weight is 393 g/mol. The predicted octanol–water partition coefficient (Wildman–Crippen LogP) is 5.54. The first kappa shape index (κ1) is 18.1. The van der Waals surface area contributed by atoms with Crippen LogP contribution in [0.3, 0.4) is 0 Å². The Bertz CT molecular complexity index is 1070. The molecule has 28 heavy (non-hydrogen) atoms. The summed E-state index contributed by atoms with van der Waals surface area (Å²) in [5.41, 5.74) is 2.17. The van der Waals surface area contributed by atoms with Gasteiger partial charge in [0.05, 0.1) is 12.7 Å². The van der Waals surface area contributed by atoms with Gasteiger partial charge in [0.25, 0.3) is 0 Å². The fourth-order valence-electron chi connectivity index (χ4n) is 2.96. The van der Waals surface area contributed by atoms with Crippen LogP contribution in [0.2, 0.25) is 5.02 Å². The van der Waals surface area contributed by atoms with Crippen molar-refractivity contribution < 1.29 is 19.0 Å². The summed E-state index contributed by atoms with van der Waals surface area (Å²) in [6, 6.07) is 20.1. The number of ketones is 1. The van der Waals surface area contributed by atoms with Gasteiger partial charge in [-0.15, -0.1) is 0 Å². The van der Waals surface area contributed by atoms with Gasteiger partial charge in [0.2, 0.25) is 5.78 Å². The molecule has 1 heterocycles. The van der Waals surface area contributed by atoms with Gasteiger partial charge < -0.3 is 14.2 Å². The first-order chi connectivity index (χ1) is 13.7. The van der Waals surface area contributed by atoms with Crippen LogP contribution in [0, 0.1) is 0 Å². The van der Waals surface area contributed by atoms with E-state index in [2.05, 4.69) is 0 Å². The van der Waals surface area contributed by atoms with Crippen molar-refractivity contribution in [3.8, 4) is 17.2 Å². The second kappa shape index (κ2) is 7.79. The van der Waals surface area contributed by atoms with Crippen LogP contribution < -0.4 is 14.2 Å². The fraction of sp³-hybridized carbons (Fsp3) is 0.0870. The highest BCUT2D eigenvalue weighted by molar-refractivity contribution is 6.31. The number of allylic oxidation sites excluding steroid dienone is 1. The first-order valence-electron chi connectivity index (χ1n) is 8.73. The molecule has 3 aromatic carbocycles. The summed E-state index contributed by atoms with van der Waals surface area (Å²) < 4.78 is 16.9. The maximum absolute atomic E-state index is 12.6. The Kier molecular flexibility index (Phi) is 5.04. The monoisotopic (exact) mass is 392 g/mol. The normalized spacial score (nSPS) is 13.9. The highest BCUT2D eigenvalue weighted by atomic mass is 35.5. The van der Waals surface area contributed by atoms with Crippen LogP contribution in [0.15, 0.2) is 72.5 Å². The number of methoxy groups -OCH3 is 1. The highest BCUT2D eigenvalue weighted by Crippen LogP contribution is 2.36. The second-order valence-electron chi connectivity index (χ2n) is 6.22. The molecule has 0 amide bonds. The molecule has 0 saturated carbocycles. The predicted molar refractivity (Wildman–Crippen MR) is 108 cm³/mol. The number of hydrogen-bond donors (Lipinski definition) is 0. The number of halogens is 1. The van der Waals surface area contributed by atoms with E-state index in [-0.39, 0.29) is 11.5 Å². The molecule has 0 N–H and O–H groups in total. The Morgan fingerprint density at radius 1 is 1.04 bits per heavy atom. The number of carbonyl (C=O) groups excluding carboxylic acids is 1. The minimum absolute atomic E-state index is 0.168. The van der Waals surface area contributed by atoms with E-state index in [1.807, 2.05) is 48.5 Å². The van der Waals surface area contributed by atoms with E-state index >= 15 is 0 Å². The van der Waals surface area contributed by atoms with Crippen LogP contribution >= 0.6 is 11.6 Å². The molecule has 1 aliphatic heterocycles. The third kappa shape index (κ3) is 3.59. The Balaban J connectivity index is 1.54. The van der Waals surface area contributed by atoms with Crippen LogP contribution in [0.1, 0.15) is 21.5 Å². The SMILES string of the molecule is COc1ccccc1C=C1Oc2cc(OCc3ccccc3Cl)ccc2C1=O. The number of rotatable bonds is 5. The smallest absolute Gasteiger partial charge is 0.231 e. The van der Waals surface area contributed by atoms with Gasteiger partial charge in [0.1, 0.15) is 23.9 Å². The van der Waals surface area contributed by atoms with E-state index in [0.29, 0.717) is 34.4 Å². The molecular formula is C23H17ClO4. The van der Waals surface area contributed by atoms with Gasteiger partial charge in [0, 0.05) is 22.2 Å². The fourth-order valence-corrected chi connectivity index (χ4v) is 3.15. The summed E-state index contributed by atoms with van der Waals surface area (Å²) >= 11 is 6.16. The van der Waals surface area contributed by atoms with E-state index in [0.717, 1.165) is 11.1 Å². The van der Waals surface area contributed by atoms with Crippen LogP contribution in [0.4, 0.5) is 0 Å². The standard InChI is InChI=1S/C23H17ClO4/c1-26-20-9-5-3-6-15(20)12-22-23(25)18-11-10-17(13-21(18)28-22)27-14-16-7-2-4-8-19(16)24/h2-13H,14H2,1H3. The molecule has 0 atom stereocenters. The van der Waals surface area contributed by atoms with Crippen LogP contribution in [0.5, 0.6) is 17.2 Å². The maximum atomic E-state index is 12.6. The molecule has 0 aromatic heterocycles. The third-order valence-corrected chi connectivity index (χ3v) is 4.79. The lowest BCUT2D eigenvalue weighted by molar-refractivity contribution is 0.101. The van der Waals surface area contributed by atoms with Gasteiger partial charge in [-0.25, -0.2) is 0 Å². The number of ether oxygens (including phenoxy) is 3. The minimum Gasteiger partial charge on any atom is -0.496 e. The number of Topliss-reactive ketones (excluding diaryl/α,β-unsaturated/α-hetero) is 1. The number of benzene rings is 3. The molecule has 0 radical (unpaired) electrons. The molecule has 4 rings (SSSR count). The summed E-state index contributed by atoms with van der Waals surface area (Å²) in [7, 11) is 1.59. The minimum atomic E-state index is -0.168. The van der Waals surface area contributed by atoms with E-state index in [1.165, 1.54) is 0 Å². The zero-order valence-electron chi connectivity index (χ0n) is 15.1. The molecule has 0 saturated heterocycles. The number of para-hydroxylation sites is 1. The summed E-state index contributed by atoms with van der Waals surface area (Å²) in [6.45, 7) is 0.330. The Morgan fingerprint density at radius 2 is 1.82 bits per heavy atom. The van der Waals surface area contributed by atoms with Crippen molar-refractivity contribution in [2.75, 3.05) is 7.11 Å². The zero-order valence-corrected chi connectivity index (χ0v) is 15.9. The van der Waals surface area contributed by atoms with Crippen LogP contribution in [0.25, 0.3) is 6.08 Å². The molecule has 4 nitrogen and oxygen atoms in total. The summed E-state index contributed by atoms with van der Waals surface area (Å²) in [5.74, 6) is 1.83. The van der Waals surface area contributed by atoms with E-state index in [4.69, 9.17) is 25.8 Å². The van der Waals surface area contributed by atoms with Crippen molar-refractivity contribution in [2.45, 2.75) is 6.61 Å². The highest BCUT2D eigenvalue weighted by Gasteiger charge is 2.28. The number of fused-ring (bicyclic) bond motifs is 1. The quantitative estimate of drug-likeness (QED) is 0.534. The number of carbonyl (C=O) groups is 1. The zero-order chi connectivity index (χ0) is 19.5. The second-order valence-corrected chi connectivity index (χ2v) is 6.63. The number of hydrogen-bond acceptors (Lipinski definition) is 4. The Morgan fingerprint density at radius 3 is 2.64 bits per heavy atom. The Labute approximate surface area is 167 Å². The Hall–Kier alpha value is -3.24. The summed E-state index contributed by atoms with van der Waals surface area (Å²) in [5, 5.41) is 0.650. The van der Waals surface area contributed by atoms with Crippen LogP contribution in [-0.4, -0.2) is 12.9 Å². The van der Waals surface area contributed by atoms with Crippen molar-refractivity contribution in [3.05, 3.63) is 94.2 Å². The van der Waals surface area contributed by atoms with Crippen molar-refractivity contribution in [2.24, 2.45) is 0 Å². The van der Waals surface area contributed by atoms with Crippen LogP contribution in [-0.2, 0) is 6.61 Å². The van der Waals surface area contributed by atoms with Crippen molar-refractivity contribution in [3.63, 3.8) is 0 Å². The topological polar surface area (TPSA) is 44.8 Å². The molecule has 0 unspecified atom stereocenters. The molecule has 0 aliphatic carbocycles. The van der Waals surface area contributed by atoms with Gasteiger partial charge in [-0.05, 0) is 30.3 Å². The van der Waals surface area contributed by atoms with Gasteiger partial charge >= 0.3 is 0 Å². The first-order valence-corrected chi connectivity index (χ1v) is 9.11. The lowest BCUT2D eigenvalue weighted by atomic mass is 10.1. The lowest BCUT2D eigenvalue weighted by Gasteiger charge is -2.08. The molecule has 1 aliphatic rings. The van der Waals surface area contributed by atoms with E-state index in [1.54, 1.807) is 31.4 Å². The van der Waals surface area contributed by atoms with E-state index < -0.39 is 0 Å². The molecule has 140 valence electrons.